The second-order valence-electron chi connectivity index (χ2n) is 6.08. The van der Waals surface area contributed by atoms with Gasteiger partial charge in [-0.15, -0.1) is 0 Å². The lowest BCUT2D eigenvalue weighted by Crippen LogP contribution is -2.36. The number of carbonyl (C=O) groups is 2. The first kappa shape index (κ1) is 14.4. The molecule has 1 fully saturated rings. The van der Waals surface area contributed by atoms with Crippen molar-refractivity contribution in [2.75, 3.05) is 0 Å². The molecule has 102 valence electrons. The van der Waals surface area contributed by atoms with Gasteiger partial charge in [0.2, 0.25) is 0 Å². The van der Waals surface area contributed by atoms with Crippen LogP contribution in [0.2, 0.25) is 0 Å². The van der Waals surface area contributed by atoms with Gasteiger partial charge in [0.05, 0.1) is 0 Å². The molecule has 0 aromatic heterocycles. The van der Waals surface area contributed by atoms with Gasteiger partial charge in [-0.3, -0.25) is 9.59 Å². The number of hydrogen-bond donors (Lipinski definition) is 0. The largest absolute Gasteiger partial charge is 0.299 e. The first-order chi connectivity index (χ1) is 8.84. The maximum Gasteiger partial charge on any atom is 0.148 e. The Balaban J connectivity index is 2.44. The van der Waals surface area contributed by atoms with Crippen LogP contribution in [0.5, 0.6) is 0 Å². The van der Waals surface area contributed by atoms with E-state index in [0.29, 0.717) is 12.8 Å². The first-order valence-electron chi connectivity index (χ1n) is 6.68. The molecule has 1 aliphatic carbocycles. The van der Waals surface area contributed by atoms with E-state index in [1.54, 1.807) is 0 Å². The summed E-state index contributed by atoms with van der Waals surface area (Å²) < 4.78 is 0.921. The number of hydrogen-bond acceptors (Lipinski definition) is 2. The summed E-state index contributed by atoms with van der Waals surface area (Å²) in [5, 5.41) is 0. The predicted molar refractivity (Wildman–Crippen MR) is 79.3 cm³/mol. The van der Waals surface area contributed by atoms with E-state index in [9.17, 15) is 9.59 Å². The molecule has 0 spiro atoms. The summed E-state index contributed by atoms with van der Waals surface area (Å²) in [5.74, 6) is -0.427. The molecule has 3 heteroatoms. The number of ketones is 2. The molecule has 0 atom stereocenters. The highest BCUT2D eigenvalue weighted by molar-refractivity contribution is 9.10. The summed E-state index contributed by atoms with van der Waals surface area (Å²) in [6, 6.07) is 5.89. The van der Waals surface area contributed by atoms with Crippen molar-refractivity contribution in [2.45, 2.75) is 46.0 Å². The van der Waals surface area contributed by atoms with Crippen molar-refractivity contribution in [3.63, 3.8) is 0 Å². The Labute approximate surface area is 122 Å². The molecule has 2 nitrogen and oxygen atoms in total. The monoisotopic (exact) mass is 322 g/mol. The Morgan fingerprint density at radius 3 is 2.32 bits per heavy atom. The zero-order valence-electron chi connectivity index (χ0n) is 11.6. The van der Waals surface area contributed by atoms with Crippen LogP contribution in [0, 0.1) is 5.41 Å². The van der Waals surface area contributed by atoms with Crippen LogP contribution in [-0.2, 0) is 16.0 Å². The minimum absolute atomic E-state index is 0.0639. The molecule has 0 saturated heterocycles. The summed E-state index contributed by atoms with van der Waals surface area (Å²) in [4.78, 5) is 24.7. The fourth-order valence-corrected chi connectivity index (χ4v) is 3.27. The van der Waals surface area contributed by atoms with Crippen molar-refractivity contribution in [2.24, 2.45) is 5.41 Å². The van der Waals surface area contributed by atoms with E-state index >= 15 is 0 Å². The molecule has 1 aromatic carbocycles. The molecule has 1 saturated carbocycles. The Hall–Kier alpha value is -0.960. The molecule has 0 aliphatic heterocycles. The lowest BCUT2D eigenvalue weighted by molar-refractivity contribution is -0.135. The molecule has 0 bridgehead atoms. The maximum atomic E-state index is 12.4. The molecule has 0 amide bonds. The quantitative estimate of drug-likeness (QED) is 0.769. The fourth-order valence-electron chi connectivity index (χ4n) is 2.89. The smallest absolute Gasteiger partial charge is 0.148 e. The molecule has 0 heterocycles. The molecule has 0 N–H and O–H groups in total. The van der Waals surface area contributed by atoms with Gasteiger partial charge >= 0.3 is 0 Å². The second kappa shape index (κ2) is 5.20. The van der Waals surface area contributed by atoms with Crippen LogP contribution in [-0.4, -0.2) is 11.6 Å². The van der Waals surface area contributed by atoms with Crippen molar-refractivity contribution in [3.05, 3.63) is 33.8 Å². The Morgan fingerprint density at radius 2 is 1.79 bits per heavy atom. The molecular weight excluding hydrogens is 304 g/mol. The number of carbonyl (C=O) groups excluding carboxylic acids is 2. The summed E-state index contributed by atoms with van der Waals surface area (Å²) >= 11 is 3.43. The van der Waals surface area contributed by atoms with Crippen LogP contribution >= 0.6 is 15.9 Å². The molecule has 19 heavy (non-hydrogen) atoms. The van der Waals surface area contributed by atoms with Crippen molar-refractivity contribution in [1.82, 2.24) is 0 Å². The van der Waals surface area contributed by atoms with Crippen LogP contribution in [0.1, 0.15) is 50.7 Å². The van der Waals surface area contributed by atoms with Gasteiger partial charge in [-0.25, -0.2) is 0 Å². The van der Waals surface area contributed by atoms with Gasteiger partial charge in [0, 0.05) is 17.3 Å². The van der Waals surface area contributed by atoms with E-state index in [4.69, 9.17) is 0 Å². The van der Waals surface area contributed by atoms with Crippen molar-refractivity contribution in [3.8, 4) is 0 Å². The Kier molecular flexibility index (Phi) is 3.95. The van der Waals surface area contributed by atoms with Crippen molar-refractivity contribution in [1.29, 1.82) is 0 Å². The minimum atomic E-state index is -0.555. The van der Waals surface area contributed by atoms with E-state index in [1.807, 2.05) is 32.0 Å². The summed E-state index contributed by atoms with van der Waals surface area (Å²) in [6.45, 7) is 6.02. The van der Waals surface area contributed by atoms with Gasteiger partial charge in [0.25, 0.3) is 0 Å². The number of aryl methyl sites for hydroxylation is 1. The van der Waals surface area contributed by atoms with E-state index in [0.717, 1.165) is 22.0 Å². The van der Waals surface area contributed by atoms with Crippen LogP contribution in [0.25, 0.3) is 0 Å². The van der Waals surface area contributed by atoms with Crippen molar-refractivity contribution < 1.29 is 9.59 Å². The number of halogens is 1. The fraction of sp³-hybridized carbons (Fsp3) is 0.500. The lowest BCUT2D eigenvalue weighted by Gasteiger charge is -2.32. The van der Waals surface area contributed by atoms with Crippen LogP contribution in [0.4, 0.5) is 0 Å². The SMILES string of the molecule is CCc1ccc(Br)cc1C1C(=O)CC(C)(C)CC1=O. The van der Waals surface area contributed by atoms with Gasteiger partial charge in [0.15, 0.2) is 0 Å². The predicted octanol–water partition coefficient (Wildman–Crippen LogP) is 4.05. The highest BCUT2D eigenvalue weighted by Crippen LogP contribution is 2.39. The second-order valence-corrected chi connectivity index (χ2v) is 7.00. The third-order valence-corrected chi connectivity index (χ3v) is 4.24. The molecule has 2 rings (SSSR count). The van der Waals surface area contributed by atoms with Crippen LogP contribution < -0.4 is 0 Å². The maximum absolute atomic E-state index is 12.4. The number of benzene rings is 1. The lowest BCUT2D eigenvalue weighted by atomic mass is 9.69. The molecular formula is C16H19BrO2. The van der Waals surface area contributed by atoms with Crippen LogP contribution in [0.15, 0.2) is 22.7 Å². The standard InChI is InChI=1S/C16H19BrO2/c1-4-10-5-6-11(17)7-12(10)15-13(18)8-16(2,3)9-14(15)19/h5-7,15H,4,8-9H2,1-3H3. The summed E-state index contributed by atoms with van der Waals surface area (Å²) in [7, 11) is 0. The molecule has 1 aromatic rings. The third-order valence-electron chi connectivity index (χ3n) is 3.75. The van der Waals surface area contributed by atoms with Gasteiger partial charge < -0.3 is 0 Å². The summed E-state index contributed by atoms with van der Waals surface area (Å²) in [6.07, 6.45) is 1.81. The van der Waals surface area contributed by atoms with E-state index in [2.05, 4.69) is 22.9 Å². The Bertz CT molecular complexity index is 512. The van der Waals surface area contributed by atoms with Gasteiger partial charge in [-0.2, -0.15) is 0 Å². The minimum Gasteiger partial charge on any atom is -0.299 e. The molecule has 1 aliphatic rings. The average molecular weight is 323 g/mol. The van der Waals surface area contributed by atoms with Gasteiger partial charge in [-0.1, -0.05) is 42.8 Å². The molecule has 0 unspecified atom stereocenters. The number of rotatable bonds is 2. The van der Waals surface area contributed by atoms with Crippen LogP contribution in [0.3, 0.4) is 0 Å². The summed E-state index contributed by atoms with van der Waals surface area (Å²) in [5.41, 5.74) is 1.79. The zero-order chi connectivity index (χ0) is 14.2. The van der Waals surface area contributed by atoms with E-state index in [1.165, 1.54) is 0 Å². The topological polar surface area (TPSA) is 34.1 Å². The molecule has 0 radical (unpaired) electrons. The van der Waals surface area contributed by atoms with Crippen molar-refractivity contribution >= 4 is 27.5 Å². The normalized spacial score (nSPS) is 19.8. The Morgan fingerprint density at radius 1 is 1.21 bits per heavy atom. The highest BCUT2D eigenvalue weighted by atomic mass is 79.9. The van der Waals surface area contributed by atoms with Gasteiger partial charge in [0.1, 0.15) is 17.5 Å². The number of Topliss-reactive ketones (excluding diaryl/α,β-unsaturated/α-hetero) is 2. The average Bonchev–Trinajstić information content (AvgIpc) is 2.26. The zero-order valence-corrected chi connectivity index (χ0v) is 13.2. The first-order valence-corrected chi connectivity index (χ1v) is 7.47. The van der Waals surface area contributed by atoms with Gasteiger partial charge in [-0.05, 0) is 35.1 Å². The third kappa shape index (κ3) is 2.97. The highest BCUT2D eigenvalue weighted by Gasteiger charge is 2.40. The van der Waals surface area contributed by atoms with E-state index < -0.39 is 5.92 Å². The van der Waals surface area contributed by atoms with E-state index in [-0.39, 0.29) is 17.0 Å².